The van der Waals surface area contributed by atoms with E-state index in [4.69, 9.17) is 27.9 Å². The maximum atomic E-state index is 11.9. The molecule has 0 aliphatic carbocycles. The molecule has 0 unspecified atom stereocenters. The first-order valence-electron chi connectivity index (χ1n) is 6.17. The first-order chi connectivity index (χ1) is 10.1. The van der Waals surface area contributed by atoms with Crippen molar-refractivity contribution in [1.82, 2.24) is 0 Å². The molecule has 0 fully saturated rings. The Labute approximate surface area is 133 Å². The number of ether oxygens (including phenoxy) is 1. The van der Waals surface area contributed by atoms with Crippen molar-refractivity contribution < 1.29 is 9.53 Å². The van der Waals surface area contributed by atoms with Crippen LogP contribution in [-0.4, -0.2) is 13.0 Å². The molecule has 0 heterocycles. The standard InChI is InChI=1S/C16H13Cl2NO2/c1-21-15-8-7-12(17)10-14(15)19-16(20)9-6-11-4-2-3-5-13(11)18/h2-10H,1H3,(H,19,20)/b9-6+. The third-order valence-electron chi connectivity index (χ3n) is 2.74. The Morgan fingerprint density at radius 2 is 1.95 bits per heavy atom. The van der Waals surface area contributed by atoms with E-state index < -0.39 is 0 Å². The smallest absolute Gasteiger partial charge is 0.248 e. The number of carbonyl (C=O) groups excluding carboxylic acids is 1. The lowest BCUT2D eigenvalue weighted by atomic mass is 10.2. The number of benzene rings is 2. The van der Waals surface area contributed by atoms with Crippen molar-refractivity contribution in [3.8, 4) is 5.75 Å². The molecule has 0 aliphatic rings. The molecular formula is C16H13Cl2NO2. The summed E-state index contributed by atoms with van der Waals surface area (Å²) in [7, 11) is 1.53. The minimum absolute atomic E-state index is 0.296. The zero-order valence-electron chi connectivity index (χ0n) is 11.3. The van der Waals surface area contributed by atoms with E-state index in [2.05, 4.69) is 5.32 Å². The highest BCUT2D eigenvalue weighted by Crippen LogP contribution is 2.27. The molecule has 2 rings (SSSR count). The van der Waals surface area contributed by atoms with Gasteiger partial charge in [-0.3, -0.25) is 4.79 Å². The van der Waals surface area contributed by atoms with Crippen LogP contribution in [0, 0.1) is 0 Å². The molecule has 2 aromatic carbocycles. The number of nitrogens with one attached hydrogen (secondary N) is 1. The maximum Gasteiger partial charge on any atom is 0.248 e. The van der Waals surface area contributed by atoms with Gasteiger partial charge in [-0.25, -0.2) is 0 Å². The number of hydrogen-bond donors (Lipinski definition) is 1. The average molecular weight is 322 g/mol. The van der Waals surface area contributed by atoms with Crippen molar-refractivity contribution in [2.75, 3.05) is 12.4 Å². The molecule has 0 saturated carbocycles. The van der Waals surface area contributed by atoms with E-state index in [0.29, 0.717) is 21.5 Å². The number of amides is 1. The van der Waals surface area contributed by atoms with Gasteiger partial charge in [0.2, 0.25) is 5.91 Å². The number of anilines is 1. The van der Waals surface area contributed by atoms with Crippen molar-refractivity contribution in [3.63, 3.8) is 0 Å². The molecule has 0 radical (unpaired) electrons. The zero-order chi connectivity index (χ0) is 15.2. The number of hydrogen-bond acceptors (Lipinski definition) is 2. The van der Waals surface area contributed by atoms with Gasteiger partial charge in [0.15, 0.2) is 0 Å². The van der Waals surface area contributed by atoms with Crippen molar-refractivity contribution in [2.24, 2.45) is 0 Å². The van der Waals surface area contributed by atoms with Gasteiger partial charge in [-0.05, 0) is 35.9 Å². The Kier molecular flexibility index (Phi) is 5.26. The van der Waals surface area contributed by atoms with Gasteiger partial charge in [-0.2, -0.15) is 0 Å². The van der Waals surface area contributed by atoms with Crippen LogP contribution in [0.2, 0.25) is 10.0 Å². The predicted octanol–water partition coefficient (Wildman–Crippen LogP) is 4.65. The fourth-order valence-corrected chi connectivity index (χ4v) is 2.10. The third kappa shape index (κ3) is 4.25. The lowest BCUT2D eigenvalue weighted by molar-refractivity contribution is -0.111. The normalized spacial score (nSPS) is 10.6. The van der Waals surface area contributed by atoms with Crippen LogP contribution in [0.15, 0.2) is 48.5 Å². The van der Waals surface area contributed by atoms with Crippen LogP contribution in [0.5, 0.6) is 5.75 Å². The minimum Gasteiger partial charge on any atom is -0.495 e. The maximum absolute atomic E-state index is 11.9. The molecule has 0 aromatic heterocycles. The fourth-order valence-electron chi connectivity index (χ4n) is 1.73. The Hall–Kier alpha value is -1.97. The van der Waals surface area contributed by atoms with Gasteiger partial charge < -0.3 is 10.1 Å². The summed E-state index contributed by atoms with van der Waals surface area (Å²) in [4.78, 5) is 11.9. The summed E-state index contributed by atoms with van der Waals surface area (Å²) in [6.45, 7) is 0. The van der Waals surface area contributed by atoms with E-state index in [1.165, 1.54) is 13.2 Å². The van der Waals surface area contributed by atoms with E-state index >= 15 is 0 Å². The second-order valence-electron chi connectivity index (χ2n) is 4.19. The average Bonchev–Trinajstić information content (AvgIpc) is 2.47. The molecule has 2 aromatic rings. The Morgan fingerprint density at radius 3 is 2.67 bits per heavy atom. The Morgan fingerprint density at radius 1 is 1.19 bits per heavy atom. The highest BCUT2D eigenvalue weighted by molar-refractivity contribution is 6.32. The fraction of sp³-hybridized carbons (Fsp3) is 0.0625. The van der Waals surface area contributed by atoms with Crippen molar-refractivity contribution >= 4 is 40.9 Å². The SMILES string of the molecule is COc1ccc(Cl)cc1NC(=O)/C=C/c1ccccc1Cl. The van der Waals surface area contributed by atoms with Crippen LogP contribution in [-0.2, 0) is 4.79 Å². The minimum atomic E-state index is -0.296. The molecule has 0 bridgehead atoms. The van der Waals surface area contributed by atoms with Crippen molar-refractivity contribution in [1.29, 1.82) is 0 Å². The topological polar surface area (TPSA) is 38.3 Å². The molecule has 21 heavy (non-hydrogen) atoms. The largest absolute Gasteiger partial charge is 0.495 e. The van der Waals surface area contributed by atoms with Crippen molar-refractivity contribution in [2.45, 2.75) is 0 Å². The highest BCUT2D eigenvalue weighted by Gasteiger charge is 2.06. The summed E-state index contributed by atoms with van der Waals surface area (Å²) in [5.74, 6) is 0.245. The first-order valence-corrected chi connectivity index (χ1v) is 6.93. The molecule has 1 amide bonds. The van der Waals surface area contributed by atoms with Gasteiger partial charge in [0.25, 0.3) is 0 Å². The molecular weight excluding hydrogens is 309 g/mol. The van der Waals surface area contributed by atoms with E-state index in [0.717, 1.165) is 5.56 Å². The van der Waals surface area contributed by atoms with Crippen molar-refractivity contribution in [3.05, 3.63) is 64.1 Å². The molecule has 0 atom stereocenters. The van der Waals surface area contributed by atoms with Gasteiger partial charge in [-0.1, -0.05) is 41.4 Å². The monoisotopic (exact) mass is 321 g/mol. The number of halogens is 2. The van der Waals surface area contributed by atoms with Crippen LogP contribution in [0.3, 0.4) is 0 Å². The molecule has 1 N–H and O–H groups in total. The molecule has 0 saturated heterocycles. The van der Waals surface area contributed by atoms with Gasteiger partial charge in [0.05, 0.1) is 12.8 Å². The van der Waals surface area contributed by atoms with Crippen LogP contribution < -0.4 is 10.1 Å². The van der Waals surface area contributed by atoms with Gasteiger partial charge in [0, 0.05) is 16.1 Å². The summed E-state index contributed by atoms with van der Waals surface area (Å²) in [5, 5.41) is 3.81. The van der Waals surface area contributed by atoms with E-state index in [1.54, 1.807) is 30.3 Å². The van der Waals surface area contributed by atoms with E-state index in [1.807, 2.05) is 18.2 Å². The molecule has 0 spiro atoms. The summed E-state index contributed by atoms with van der Waals surface area (Å²) in [6.07, 6.45) is 3.05. The lowest BCUT2D eigenvalue weighted by Gasteiger charge is -2.09. The molecule has 0 aliphatic heterocycles. The summed E-state index contributed by atoms with van der Waals surface area (Å²) in [5.41, 5.74) is 1.28. The van der Waals surface area contributed by atoms with Gasteiger partial charge in [0.1, 0.15) is 5.75 Å². The second-order valence-corrected chi connectivity index (χ2v) is 5.03. The Balaban J connectivity index is 2.12. The number of rotatable bonds is 4. The Bertz CT molecular complexity index is 684. The third-order valence-corrected chi connectivity index (χ3v) is 3.32. The van der Waals surface area contributed by atoms with E-state index in [9.17, 15) is 4.79 Å². The van der Waals surface area contributed by atoms with E-state index in [-0.39, 0.29) is 5.91 Å². The summed E-state index contributed by atoms with van der Waals surface area (Å²) < 4.78 is 5.16. The number of methoxy groups -OCH3 is 1. The summed E-state index contributed by atoms with van der Waals surface area (Å²) in [6, 6.07) is 12.3. The van der Waals surface area contributed by atoms with Crippen LogP contribution in [0.1, 0.15) is 5.56 Å². The molecule has 3 nitrogen and oxygen atoms in total. The van der Waals surface area contributed by atoms with Gasteiger partial charge in [-0.15, -0.1) is 0 Å². The first kappa shape index (κ1) is 15.4. The second kappa shape index (κ2) is 7.16. The van der Waals surface area contributed by atoms with Gasteiger partial charge >= 0.3 is 0 Å². The zero-order valence-corrected chi connectivity index (χ0v) is 12.8. The van der Waals surface area contributed by atoms with Crippen LogP contribution in [0.4, 0.5) is 5.69 Å². The number of carbonyl (C=O) groups is 1. The molecule has 5 heteroatoms. The van der Waals surface area contributed by atoms with Crippen LogP contribution in [0.25, 0.3) is 6.08 Å². The predicted molar refractivity (Wildman–Crippen MR) is 87.1 cm³/mol. The lowest BCUT2D eigenvalue weighted by Crippen LogP contribution is -2.08. The van der Waals surface area contributed by atoms with Crippen LogP contribution >= 0.6 is 23.2 Å². The molecule has 108 valence electrons. The highest BCUT2D eigenvalue weighted by atomic mass is 35.5. The quantitative estimate of drug-likeness (QED) is 0.832. The summed E-state index contributed by atoms with van der Waals surface area (Å²) >= 11 is 11.9.